The van der Waals surface area contributed by atoms with Gasteiger partial charge < -0.3 is 10.6 Å². The van der Waals surface area contributed by atoms with Crippen molar-refractivity contribution in [1.29, 1.82) is 0 Å². The minimum absolute atomic E-state index is 0.0398. The van der Waals surface area contributed by atoms with Gasteiger partial charge in [0.25, 0.3) is 0 Å². The van der Waals surface area contributed by atoms with Crippen molar-refractivity contribution in [1.82, 2.24) is 0 Å². The molecule has 2 aromatic carbocycles. The summed E-state index contributed by atoms with van der Waals surface area (Å²) in [5.41, 5.74) is 8.10. The summed E-state index contributed by atoms with van der Waals surface area (Å²) < 4.78 is 1.01. The second-order valence-corrected chi connectivity index (χ2v) is 5.91. The Morgan fingerprint density at radius 3 is 2.75 bits per heavy atom. The summed E-state index contributed by atoms with van der Waals surface area (Å²) in [6.07, 6.45) is 0. The highest BCUT2D eigenvalue weighted by Gasteiger charge is 2.30. The molecule has 1 aliphatic rings. The van der Waals surface area contributed by atoms with Crippen LogP contribution in [0.25, 0.3) is 0 Å². The van der Waals surface area contributed by atoms with Gasteiger partial charge in [-0.1, -0.05) is 51.8 Å². The zero-order valence-electron chi connectivity index (χ0n) is 10.6. The Morgan fingerprint density at radius 2 is 2.00 bits per heavy atom. The van der Waals surface area contributed by atoms with E-state index in [-0.39, 0.29) is 6.04 Å². The van der Waals surface area contributed by atoms with E-state index in [1.807, 2.05) is 53.4 Å². The molecule has 1 atom stereocenters. The number of nitrogens with zero attached hydrogens (tertiary/aromatic N) is 2. The lowest BCUT2D eigenvalue weighted by atomic mass is 10.1. The lowest BCUT2D eigenvalue weighted by molar-refractivity contribution is 0.769. The van der Waals surface area contributed by atoms with E-state index in [9.17, 15) is 0 Å². The second kappa shape index (κ2) is 5.46. The minimum atomic E-state index is 0.0398. The first-order chi connectivity index (χ1) is 9.66. The number of guanidine groups is 1. The zero-order valence-corrected chi connectivity index (χ0v) is 13.0. The highest BCUT2D eigenvalue weighted by Crippen LogP contribution is 2.35. The summed E-state index contributed by atoms with van der Waals surface area (Å²) in [6.45, 7) is 0.613. The summed E-state index contributed by atoms with van der Waals surface area (Å²) in [5, 5.41) is 0.738. The van der Waals surface area contributed by atoms with Gasteiger partial charge in [0, 0.05) is 15.2 Å². The predicted molar refractivity (Wildman–Crippen MR) is 87.3 cm³/mol. The SMILES string of the molecule is NC1=NCC(c2ccccc2Cl)N1c1cccc(Br)c1. The number of hydrogen-bond acceptors (Lipinski definition) is 3. The number of anilines is 1. The molecule has 0 saturated carbocycles. The second-order valence-electron chi connectivity index (χ2n) is 4.59. The van der Waals surface area contributed by atoms with Gasteiger partial charge in [0.1, 0.15) is 0 Å². The Morgan fingerprint density at radius 1 is 1.20 bits per heavy atom. The molecule has 0 aliphatic carbocycles. The van der Waals surface area contributed by atoms with Gasteiger partial charge in [0.05, 0.1) is 12.6 Å². The monoisotopic (exact) mass is 349 g/mol. The van der Waals surface area contributed by atoms with E-state index >= 15 is 0 Å². The Labute approximate surface area is 131 Å². The van der Waals surface area contributed by atoms with E-state index in [4.69, 9.17) is 17.3 Å². The normalized spacial score (nSPS) is 18.2. The number of hydrogen-bond donors (Lipinski definition) is 1. The van der Waals surface area contributed by atoms with Crippen molar-refractivity contribution in [3.05, 3.63) is 63.6 Å². The van der Waals surface area contributed by atoms with Crippen LogP contribution in [-0.4, -0.2) is 12.5 Å². The maximum absolute atomic E-state index is 6.31. The van der Waals surface area contributed by atoms with Crippen LogP contribution in [-0.2, 0) is 0 Å². The molecule has 0 spiro atoms. The quantitative estimate of drug-likeness (QED) is 0.890. The molecule has 3 rings (SSSR count). The third-order valence-corrected chi connectivity index (χ3v) is 4.17. The van der Waals surface area contributed by atoms with Crippen LogP contribution in [0.15, 0.2) is 58.0 Å². The van der Waals surface area contributed by atoms with Crippen molar-refractivity contribution in [2.45, 2.75) is 6.04 Å². The fraction of sp³-hybridized carbons (Fsp3) is 0.133. The maximum atomic E-state index is 6.31. The molecule has 2 N–H and O–H groups in total. The molecular weight excluding hydrogens is 338 g/mol. The maximum Gasteiger partial charge on any atom is 0.196 e. The van der Waals surface area contributed by atoms with E-state index in [2.05, 4.69) is 20.9 Å². The van der Waals surface area contributed by atoms with Gasteiger partial charge in [-0.05, 0) is 29.8 Å². The van der Waals surface area contributed by atoms with Crippen LogP contribution in [0.2, 0.25) is 5.02 Å². The van der Waals surface area contributed by atoms with Gasteiger partial charge in [-0.25, -0.2) is 0 Å². The van der Waals surface area contributed by atoms with Crippen molar-refractivity contribution in [3.8, 4) is 0 Å². The average Bonchev–Trinajstić information content (AvgIpc) is 2.81. The number of halogens is 2. The number of nitrogens with two attached hydrogens (primary N) is 1. The van der Waals surface area contributed by atoms with Crippen LogP contribution < -0.4 is 10.6 Å². The molecule has 0 amide bonds. The topological polar surface area (TPSA) is 41.6 Å². The van der Waals surface area contributed by atoms with Gasteiger partial charge in [-0.3, -0.25) is 4.99 Å². The molecular formula is C15H13BrClN3. The van der Waals surface area contributed by atoms with Crippen LogP contribution in [0.3, 0.4) is 0 Å². The first kappa shape index (κ1) is 13.5. The lowest BCUT2D eigenvalue weighted by Gasteiger charge is -2.27. The molecule has 5 heteroatoms. The Balaban J connectivity index is 2.03. The largest absolute Gasteiger partial charge is 0.369 e. The van der Waals surface area contributed by atoms with Crippen LogP contribution in [0, 0.1) is 0 Å². The first-order valence-corrected chi connectivity index (χ1v) is 7.43. The molecule has 20 heavy (non-hydrogen) atoms. The minimum Gasteiger partial charge on any atom is -0.369 e. The smallest absolute Gasteiger partial charge is 0.196 e. The van der Waals surface area contributed by atoms with E-state index in [0.717, 1.165) is 20.7 Å². The molecule has 0 fully saturated rings. The summed E-state index contributed by atoms with van der Waals surface area (Å²) >= 11 is 9.79. The molecule has 1 unspecified atom stereocenters. The highest BCUT2D eigenvalue weighted by atomic mass is 79.9. The van der Waals surface area contributed by atoms with E-state index in [1.54, 1.807) is 0 Å². The molecule has 2 aromatic rings. The van der Waals surface area contributed by atoms with Crippen molar-refractivity contribution in [2.24, 2.45) is 10.7 Å². The molecule has 0 aromatic heterocycles. The number of aliphatic imine (C=N–C) groups is 1. The Bertz CT molecular complexity index is 672. The molecule has 3 nitrogen and oxygen atoms in total. The van der Waals surface area contributed by atoms with Crippen LogP contribution in [0.5, 0.6) is 0 Å². The molecule has 0 saturated heterocycles. The van der Waals surface area contributed by atoms with Gasteiger partial charge in [-0.15, -0.1) is 0 Å². The third kappa shape index (κ3) is 2.41. The standard InChI is InChI=1S/C15H13BrClN3/c16-10-4-3-5-11(8-10)20-14(9-19-15(20)18)12-6-1-2-7-13(12)17/h1-8,14H,9H2,(H2,18,19). The molecule has 1 aliphatic heterocycles. The van der Waals surface area contributed by atoms with E-state index in [0.29, 0.717) is 12.5 Å². The predicted octanol–water partition coefficient (Wildman–Crippen LogP) is 3.98. The van der Waals surface area contributed by atoms with Crippen molar-refractivity contribution >= 4 is 39.2 Å². The molecule has 102 valence electrons. The van der Waals surface area contributed by atoms with Gasteiger partial charge in [0.15, 0.2) is 5.96 Å². The number of benzene rings is 2. The molecule has 1 heterocycles. The fourth-order valence-corrected chi connectivity index (χ4v) is 3.07. The Kier molecular flexibility index (Phi) is 3.68. The van der Waals surface area contributed by atoms with Gasteiger partial charge in [0.2, 0.25) is 0 Å². The molecule has 0 bridgehead atoms. The van der Waals surface area contributed by atoms with Crippen LogP contribution >= 0.6 is 27.5 Å². The van der Waals surface area contributed by atoms with Crippen molar-refractivity contribution in [2.75, 3.05) is 11.4 Å². The van der Waals surface area contributed by atoms with Gasteiger partial charge in [-0.2, -0.15) is 0 Å². The van der Waals surface area contributed by atoms with E-state index < -0.39 is 0 Å². The Hall–Kier alpha value is -1.52. The molecule has 0 radical (unpaired) electrons. The van der Waals surface area contributed by atoms with Crippen molar-refractivity contribution < 1.29 is 0 Å². The summed E-state index contributed by atoms with van der Waals surface area (Å²) in [4.78, 5) is 6.39. The van der Waals surface area contributed by atoms with Crippen molar-refractivity contribution in [3.63, 3.8) is 0 Å². The third-order valence-electron chi connectivity index (χ3n) is 3.34. The van der Waals surface area contributed by atoms with Crippen LogP contribution in [0.4, 0.5) is 5.69 Å². The van der Waals surface area contributed by atoms with E-state index in [1.165, 1.54) is 0 Å². The highest BCUT2D eigenvalue weighted by molar-refractivity contribution is 9.10. The van der Waals surface area contributed by atoms with Gasteiger partial charge >= 0.3 is 0 Å². The summed E-state index contributed by atoms with van der Waals surface area (Å²) in [5.74, 6) is 0.521. The fourth-order valence-electron chi connectivity index (χ4n) is 2.42. The zero-order chi connectivity index (χ0) is 14.1. The lowest BCUT2D eigenvalue weighted by Crippen LogP contribution is -2.36. The average molecular weight is 351 g/mol. The summed E-state index contributed by atoms with van der Waals surface area (Å²) in [6, 6.07) is 15.9. The van der Waals surface area contributed by atoms with Crippen LogP contribution in [0.1, 0.15) is 11.6 Å². The number of rotatable bonds is 2. The summed E-state index contributed by atoms with van der Waals surface area (Å²) in [7, 11) is 0. The first-order valence-electron chi connectivity index (χ1n) is 6.26.